The van der Waals surface area contributed by atoms with Crippen LogP contribution in [0.3, 0.4) is 0 Å². The van der Waals surface area contributed by atoms with Gasteiger partial charge in [0.05, 0.1) is 18.9 Å². The Bertz CT molecular complexity index is 463. The van der Waals surface area contributed by atoms with Gasteiger partial charge in [-0.25, -0.2) is 14.6 Å². The molecular weight excluding hydrogens is 249 g/mol. The molecule has 1 rings (SSSR count). The number of carbonyl (C=O) groups excluding carboxylic acids is 1. The predicted octanol–water partition coefficient (Wildman–Crippen LogP) is 2.14. The number of amides is 2. The number of nitrogens with one attached hydrogen (secondary N) is 1. The summed E-state index contributed by atoms with van der Waals surface area (Å²) in [7, 11) is 0. The van der Waals surface area contributed by atoms with Crippen molar-refractivity contribution >= 4 is 12.2 Å². The number of hydrazone groups is 1. The molecule has 104 valence electrons. The zero-order chi connectivity index (χ0) is 14.3. The van der Waals surface area contributed by atoms with Crippen LogP contribution in [0.25, 0.3) is 0 Å². The summed E-state index contributed by atoms with van der Waals surface area (Å²) in [6.07, 6.45) is 2.29. The highest BCUT2D eigenvalue weighted by Gasteiger charge is 2.05. The molecule has 6 heteroatoms. The molecule has 0 saturated heterocycles. The van der Waals surface area contributed by atoms with E-state index in [9.17, 15) is 9.18 Å². The van der Waals surface area contributed by atoms with Crippen molar-refractivity contribution in [3.63, 3.8) is 0 Å². The average Bonchev–Trinajstić information content (AvgIpc) is 2.37. The lowest BCUT2D eigenvalue weighted by Gasteiger charge is -2.11. The van der Waals surface area contributed by atoms with Gasteiger partial charge in [0, 0.05) is 5.56 Å². The number of primary amides is 1. The van der Waals surface area contributed by atoms with Crippen LogP contribution in [0.4, 0.5) is 9.18 Å². The molecule has 0 spiro atoms. The first-order valence-corrected chi connectivity index (χ1v) is 6.01. The van der Waals surface area contributed by atoms with Gasteiger partial charge in [0.1, 0.15) is 5.82 Å². The van der Waals surface area contributed by atoms with E-state index in [0.717, 1.165) is 6.42 Å². The maximum absolute atomic E-state index is 13.7. The minimum atomic E-state index is -0.768. The summed E-state index contributed by atoms with van der Waals surface area (Å²) in [6.45, 7) is 4.18. The number of hydrogen-bond donors (Lipinski definition) is 2. The van der Waals surface area contributed by atoms with Crippen LogP contribution in [0.15, 0.2) is 23.3 Å². The van der Waals surface area contributed by atoms with Gasteiger partial charge in [-0.15, -0.1) is 0 Å². The second kappa shape index (κ2) is 7.48. The molecule has 19 heavy (non-hydrogen) atoms. The Balaban J connectivity index is 2.63. The highest BCUT2D eigenvalue weighted by atomic mass is 19.1. The Morgan fingerprint density at radius 2 is 2.37 bits per heavy atom. The highest BCUT2D eigenvalue weighted by Crippen LogP contribution is 2.12. The van der Waals surface area contributed by atoms with Gasteiger partial charge in [-0.2, -0.15) is 5.10 Å². The van der Waals surface area contributed by atoms with E-state index >= 15 is 0 Å². The van der Waals surface area contributed by atoms with Crippen molar-refractivity contribution < 1.29 is 13.9 Å². The smallest absolute Gasteiger partial charge is 0.332 e. The lowest BCUT2D eigenvalue weighted by Crippen LogP contribution is -2.24. The third-order valence-electron chi connectivity index (χ3n) is 2.56. The Hall–Kier alpha value is -1.95. The van der Waals surface area contributed by atoms with E-state index in [2.05, 4.69) is 5.10 Å². The Morgan fingerprint density at radius 1 is 1.63 bits per heavy atom. The van der Waals surface area contributed by atoms with Crippen LogP contribution in [0.5, 0.6) is 0 Å². The summed E-state index contributed by atoms with van der Waals surface area (Å²) >= 11 is 0. The molecule has 0 aliphatic carbocycles. The van der Waals surface area contributed by atoms with Gasteiger partial charge in [-0.05, 0) is 25.0 Å². The number of halogens is 1. The fraction of sp³-hybridized carbons (Fsp3) is 0.385. The number of carbonyl (C=O) groups is 1. The number of benzene rings is 1. The van der Waals surface area contributed by atoms with Crippen LogP contribution in [0.2, 0.25) is 0 Å². The van der Waals surface area contributed by atoms with E-state index in [1.54, 1.807) is 12.1 Å². The topological polar surface area (TPSA) is 76.7 Å². The zero-order valence-corrected chi connectivity index (χ0v) is 11.0. The molecular formula is C13H18FN3O2. The largest absolute Gasteiger partial charge is 0.374 e. The summed E-state index contributed by atoms with van der Waals surface area (Å²) in [5.74, 6) is -0.369. The Kier molecular flexibility index (Phi) is 5.95. The van der Waals surface area contributed by atoms with Gasteiger partial charge in [-0.1, -0.05) is 19.1 Å². The molecule has 0 aromatic heterocycles. The van der Waals surface area contributed by atoms with Crippen molar-refractivity contribution in [3.05, 3.63) is 35.1 Å². The van der Waals surface area contributed by atoms with E-state index in [1.165, 1.54) is 12.3 Å². The summed E-state index contributed by atoms with van der Waals surface area (Å²) in [5.41, 5.74) is 7.89. The zero-order valence-electron chi connectivity index (χ0n) is 11.0. The molecule has 0 aliphatic heterocycles. The summed E-state index contributed by atoms with van der Waals surface area (Å²) < 4.78 is 19.2. The lowest BCUT2D eigenvalue weighted by atomic mass is 10.1. The van der Waals surface area contributed by atoms with Crippen LogP contribution in [0.1, 0.15) is 31.4 Å². The molecule has 0 bridgehead atoms. The van der Waals surface area contributed by atoms with Crippen molar-refractivity contribution in [2.24, 2.45) is 10.8 Å². The van der Waals surface area contributed by atoms with E-state index in [-0.39, 0.29) is 18.5 Å². The van der Waals surface area contributed by atoms with Gasteiger partial charge >= 0.3 is 6.03 Å². The van der Waals surface area contributed by atoms with Crippen molar-refractivity contribution in [1.82, 2.24) is 5.43 Å². The maximum atomic E-state index is 13.7. The molecule has 2 amide bonds. The summed E-state index contributed by atoms with van der Waals surface area (Å²) in [4.78, 5) is 10.4. The van der Waals surface area contributed by atoms with Gasteiger partial charge in [-0.3, -0.25) is 0 Å². The van der Waals surface area contributed by atoms with Crippen molar-refractivity contribution in [1.29, 1.82) is 0 Å². The maximum Gasteiger partial charge on any atom is 0.332 e. The minimum Gasteiger partial charge on any atom is -0.374 e. The number of rotatable bonds is 6. The molecule has 0 aliphatic rings. The van der Waals surface area contributed by atoms with Gasteiger partial charge in [0.15, 0.2) is 0 Å². The van der Waals surface area contributed by atoms with E-state index in [0.29, 0.717) is 11.1 Å². The summed E-state index contributed by atoms with van der Waals surface area (Å²) in [6, 6.07) is 3.87. The molecule has 1 aromatic carbocycles. The second-order valence-electron chi connectivity index (χ2n) is 4.11. The first kappa shape index (κ1) is 15.1. The number of ether oxygens (including phenoxy) is 1. The Morgan fingerprint density at radius 3 is 2.95 bits per heavy atom. The number of nitrogens with zero attached hydrogens (tertiary/aromatic N) is 1. The van der Waals surface area contributed by atoms with Gasteiger partial charge in [0.25, 0.3) is 0 Å². The molecule has 1 atom stereocenters. The van der Waals surface area contributed by atoms with Crippen LogP contribution in [0, 0.1) is 5.82 Å². The quantitative estimate of drug-likeness (QED) is 0.612. The fourth-order valence-corrected chi connectivity index (χ4v) is 1.28. The molecule has 0 heterocycles. The lowest BCUT2D eigenvalue weighted by molar-refractivity contribution is 0.0492. The van der Waals surface area contributed by atoms with E-state index < -0.39 is 6.03 Å². The predicted molar refractivity (Wildman–Crippen MR) is 71.3 cm³/mol. The first-order chi connectivity index (χ1) is 9.02. The van der Waals surface area contributed by atoms with Crippen molar-refractivity contribution in [3.8, 4) is 0 Å². The van der Waals surface area contributed by atoms with Crippen LogP contribution in [-0.2, 0) is 11.3 Å². The third-order valence-corrected chi connectivity index (χ3v) is 2.56. The van der Waals surface area contributed by atoms with Crippen molar-refractivity contribution in [2.45, 2.75) is 33.0 Å². The van der Waals surface area contributed by atoms with Gasteiger partial charge in [0.2, 0.25) is 0 Å². The molecule has 3 N–H and O–H groups in total. The summed E-state index contributed by atoms with van der Waals surface area (Å²) in [5, 5.41) is 3.55. The van der Waals surface area contributed by atoms with E-state index in [1.807, 2.05) is 19.3 Å². The second-order valence-corrected chi connectivity index (χ2v) is 4.11. The molecule has 1 unspecified atom stereocenters. The van der Waals surface area contributed by atoms with E-state index in [4.69, 9.17) is 10.5 Å². The minimum absolute atomic E-state index is 0.0976. The Labute approximate surface area is 111 Å². The molecule has 5 nitrogen and oxygen atoms in total. The number of urea groups is 1. The molecule has 1 aromatic rings. The third kappa shape index (κ3) is 5.48. The standard InChI is InChI=1S/C13H18FN3O2/c1-3-9(2)19-8-11-5-4-10(6-12(11)14)7-16-17-13(15)18/h4-7,9H,3,8H2,1-2H3,(H3,15,17,18). The first-order valence-electron chi connectivity index (χ1n) is 6.01. The van der Waals surface area contributed by atoms with Crippen LogP contribution >= 0.6 is 0 Å². The SMILES string of the molecule is CCC(C)OCc1ccc(C=NNC(N)=O)cc1F. The highest BCUT2D eigenvalue weighted by molar-refractivity contribution is 5.81. The van der Waals surface area contributed by atoms with Crippen LogP contribution in [-0.4, -0.2) is 18.3 Å². The fourth-order valence-electron chi connectivity index (χ4n) is 1.28. The van der Waals surface area contributed by atoms with Crippen LogP contribution < -0.4 is 11.2 Å². The monoisotopic (exact) mass is 267 g/mol. The van der Waals surface area contributed by atoms with Crippen molar-refractivity contribution in [2.75, 3.05) is 0 Å². The molecule has 0 radical (unpaired) electrons. The van der Waals surface area contributed by atoms with Gasteiger partial charge < -0.3 is 10.5 Å². The molecule has 0 saturated carbocycles. The average molecular weight is 267 g/mol. The number of nitrogens with two attached hydrogens (primary N) is 1. The normalized spacial score (nSPS) is 12.6. The number of hydrogen-bond acceptors (Lipinski definition) is 3. The molecule has 0 fully saturated rings.